The van der Waals surface area contributed by atoms with Crippen LogP contribution in [0.25, 0.3) is 21.3 Å². The summed E-state index contributed by atoms with van der Waals surface area (Å²) in [6.07, 6.45) is 1.62. The largest absolute Gasteiger partial charge is 0.365 e. The van der Waals surface area contributed by atoms with Gasteiger partial charge in [0.2, 0.25) is 0 Å². The molecule has 0 unspecified atom stereocenters. The molecule has 3 nitrogen and oxygen atoms in total. The number of rotatable bonds is 5. The standard InChI is InChI=1S/C22H20ClN3S/c1-14(2)16-5-7-17(8-6-16)19-12-27-22-20(19)21(25-13-26-22)24-11-15-3-9-18(23)10-4-15/h3-10,12-14H,11H2,1-2H3,(H,24,25,26). The topological polar surface area (TPSA) is 37.8 Å². The first-order valence-electron chi connectivity index (χ1n) is 8.92. The quantitative estimate of drug-likeness (QED) is 0.407. The van der Waals surface area contributed by atoms with Gasteiger partial charge in [0.15, 0.2) is 0 Å². The summed E-state index contributed by atoms with van der Waals surface area (Å²) in [6, 6.07) is 16.6. The Bertz CT molecular complexity index is 1050. The van der Waals surface area contributed by atoms with Crippen LogP contribution in [0.2, 0.25) is 5.02 Å². The predicted octanol–water partition coefficient (Wildman–Crippen LogP) is 6.75. The molecule has 0 radical (unpaired) electrons. The number of aromatic nitrogens is 2. The molecule has 0 aliphatic rings. The molecule has 2 heterocycles. The van der Waals surface area contributed by atoms with Crippen molar-refractivity contribution in [2.75, 3.05) is 5.32 Å². The average Bonchev–Trinajstić information content (AvgIpc) is 3.12. The van der Waals surface area contributed by atoms with E-state index in [0.717, 1.165) is 26.6 Å². The van der Waals surface area contributed by atoms with E-state index in [2.05, 4.69) is 58.8 Å². The van der Waals surface area contributed by atoms with Gasteiger partial charge in [-0.25, -0.2) is 9.97 Å². The summed E-state index contributed by atoms with van der Waals surface area (Å²) < 4.78 is 0. The Morgan fingerprint density at radius 2 is 1.74 bits per heavy atom. The van der Waals surface area contributed by atoms with Crippen LogP contribution in [-0.2, 0) is 6.54 Å². The second kappa shape index (κ2) is 7.67. The van der Waals surface area contributed by atoms with E-state index >= 15 is 0 Å². The third-order valence-electron chi connectivity index (χ3n) is 4.63. The molecule has 27 heavy (non-hydrogen) atoms. The molecule has 0 fully saturated rings. The zero-order valence-corrected chi connectivity index (χ0v) is 16.8. The molecule has 0 bridgehead atoms. The number of fused-ring (bicyclic) bond motifs is 1. The van der Waals surface area contributed by atoms with Crippen molar-refractivity contribution in [2.45, 2.75) is 26.3 Å². The summed E-state index contributed by atoms with van der Waals surface area (Å²) in [5, 5.41) is 7.45. The first kappa shape index (κ1) is 18.0. The Morgan fingerprint density at radius 1 is 1.00 bits per heavy atom. The van der Waals surface area contributed by atoms with Gasteiger partial charge < -0.3 is 5.32 Å². The summed E-state index contributed by atoms with van der Waals surface area (Å²) in [4.78, 5) is 9.94. The maximum absolute atomic E-state index is 5.97. The molecule has 1 N–H and O–H groups in total. The van der Waals surface area contributed by atoms with Gasteiger partial charge in [0.1, 0.15) is 17.0 Å². The number of hydrogen-bond donors (Lipinski definition) is 1. The van der Waals surface area contributed by atoms with Gasteiger partial charge in [-0.05, 0) is 34.7 Å². The number of nitrogens with zero attached hydrogens (tertiary/aromatic N) is 2. The molecule has 0 saturated heterocycles. The number of thiophene rings is 1. The summed E-state index contributed by atoms with van der Waals surface area (Å²) >= 11 is 7.62. The Labute approximate surface area is 168 Å². The molecule has 136 valence electrons. The third-order valence-corrected chi connectivity index (χ3v) is 5.77. The van der Waals surface area contributed by atoms with Gasteiger partial charge in [-0.15, -0.1) is 11.3 Å². The van der Waals surface area contributed by atoms with Crippen LogP contribution in [0.5, 0.6) is 0 Å². The normalized spacial score (nSPS) is 11.3. The summed E-state index contributed by atoms with van der Waals surface area (Å²) in [5.74, 6) is 1.39. The van der Waals surface area contributed by atoms with Crippen molar-refractivity contribution in [2.24, 2.45) is 0 Å². The molecule has 0 spiro atoms. The predicted molar refractivity (Wildman–Crippen MR) is 116 cm³/mol. The van der Waals surface area contributed by atoms with Gasteiger partial charge >= 0.3 is 0 Å². The van der Waals surface area contributed by atoms with Crippen molar-refractivity contribution < 1.29 is 0 Å². The van der Waals surface area contributed by atoms with Crippen LogP contribution >= 0.6 is 22.9 Å². The molecule has 2 aromatic carbocycles. The summed E-state index contributed by atoms with van der Waals surface area (Å²) in [7, 11) is 0. The van der Waals surface area contributed by atoms with Gasteiger partial charge in [-0.2, -0.15) is 0 Å². The highest BCUT2D eigenvalue weighted by Crippen LogP contribution is 2.37. The molecule has 5 heteroatoms. The maximum atomic E-state index is 5.97. The van der Waals surface area contributed by atoms with Crippen LogP contribution in [0, 0.1) is 0 Å². The molecular weight excluding hydrogens is 374 g/mol. The summed E-state index contributed by atoms with van der Waals surface area (Å²) in [6.45, 7) is 5.11. The van der Waals surface area contributed by atoms with Gasteiger partial charge in [0.25, 0.3) is 0 Å². The second-order valence-electron chi connectivity index (χ2n) is 6.81. The highest BCUT2D eigenvalue weighted by Gasteiger charge is 2.13. The fraction of sp³-hybridized carbons (Fsp3) is 0.182. The van der Waals surface area contributed by atoms with E-state index < -0.39 is 0 Å². The van der Waals surface area contributed by atoms with Crippen LogP contribution in [0.4, 0.5) is 5.82 Å². The molecule has 0 atom stereocenters. The van der Waals surface area contributed by atoms with Crippen molar-refractivity contribution >= 4 is 39.0 Å². The Balaban J connectivity index is 1.67. The first-order valence-corrected chi connectivity index (χ1v) is 10.2. The number of anilines is 1. The van der Waals surface area contributed by atoms with Gasteiger partial charge in [0.05, 0.1) is 5.39 Å². The van der Waals surface area contributed by atoms with E-state index in [0.29, 0.717) is 12.5 Å². The van der Waals surface area contributed by atoms with Crippen LogP contribution in [0.1, 0.15) is 30.9 Å². The van der Waals surface area contributed by atoms with Crippen LogP contribution in [0.15, 0.2) is 60.2 Å². The van der Waals surface area contributed by atoms with Gasteiger partial charge in [-0.1, -0.05) is 61.8 Å². The lowest BCUT2D eigenvalue weighted by atomic mass is 9.99. The minimum atomic E-state index is 0.526. The number of benzene rings is 2. The van der Waals surface area contributed by atoms with Crippen molar-refractivity contribution in [3.8, 4) is 11.1 Å². The van der Waals surface area contributed by atoms with E-state index in [1.54, 1.807) is 17.7 Å². The lowest BCUT2D eigenvalue weighted by Crippen LogP contribution is -2.02. The minimum Gasteiger partial charge on any atom is -0.365 e. The summed E-state index contributed by atoms with van der Waals surface area (Å²) in [5.41, 5.74) is 4.86. The smallest absolute Gasteiger partial charge is 0.139 e. The third kappa shape index (κ3) is 3.82. The van der Waals surface area contributed by atoms with Crippen molar-refractivity contribution in [3.63, 3.8) is 0 Å². The first-order chi connectivity index (χ1) is 13.1. The Morgan fingerprint density at radius 3 is 2.44 bits per heavy atom. The molecule has 4 rings (SSSR count). The maximum Gasteiger partial charge on any atom is 0.139 e. The molecule has 4 aromatic rings. The van der Waals surface area contributed by atoms with E-state index in [1.807, 2.05) is 24.3 Å². The molecule has 0 saturated carbocycles. The van der Waals surface area contributed by atoms with Crippen molar-refractivity contribution in [1.82, 2.24) is 9.97 Å². The van der Waals surface area contributed by atoms with E-state index in [1.165, 1.54) is 16.7 Å². The van der Waals surface area contributed by atoms with Gasteiger partial charge in [0, 0.05) is 22.5 Å². The second-order valence-corrected chi connectivity index (χ2v) is 8.10. The van der Waals surface area contributed by atoms with Crippen molar-refractivity contribution in [1.29, 1.82) is 0 Å². The number of halogens is 1. The van der Waals surface area contributed by atoms with Crippen LogP contribution < -0.4 is 5.32 Å². The molecule has 2 aromatic heterocycles. The Hall–Kier alpha value is -2.43. The van der Waals surface area contributed by atoms with E-state index in [9.17, 15) is 0 Å². The molecule has 0 amide bonds. The highest BCUT2D eigenvalue weighted by molar-refractivity contribution is 7.17. The fourth-order valence-electron chi connectivity index (χ4n) is 3.06. The monoisotopic (exact) mass is 393 g/mol. The highest BCUT2D eigenvalue weighted by atomic mass is 35.5. The number of hydrogen-bond acceptors (Lipinski definition) is 4. The SMILES string of the molecule is CC(C)c1ccc(-c2csc3ncnc(NCc4ccc(Cl)cc4)c23)cc1. The van der Waals surface area contributed by atoms with Crippen LogP contribution in [0.3, 0.4) is 0 Å². The fourth-order valence-corrected chi connectivity index (χ4v) is 4.10. The van der Waals surface area contributed by atoms with E-state index in [-0.39, 0.29) is 0 Å². The average molecular weight is 394 g/mol. The zero-order valence-electron chi connectivity index (χ0n) is 15.2. The van der Waals surface area contributed by atoms with E-state index in [4.69, 9.17) is 11.6 Å². The number of nitrogens with one attached hydrogen (secondary N) is 1. The Kier molecular flexibility index (Phi) is 5.10. The minimum absolute atomic E-state index is 0.526. The van der Waals surface area contributed by atoms with Gasteiger partial charge in [-0.3, -0.25) is 0 Å². The molecular formula is C22H20ClN3S. The lowest BCUT2D eigenvalue weighted by Gasteiger charge is -2.10. The van der Waals surface area contributed by atoms with Crippen LogP contribution in [-0.4, -0.2) is 9.97 Å². The molecule has 0 aliphatic heterocycles. The zero-order chi connectivity index (χ0) is 18.8. The molecule has 0 aliphatic carbocycles. The van der Waals surface area contributed by atoms with Crippen molar-refractivity contribution in [3.05, 3.63) is 76.4 Å². The lowest BCUT2D eigenvalue weighted by molar-refractivity contribution is 0.867.